The zero-order chi connectivity index (χ0) is 17.5. The number of nitrogens with zero attached hydrogens (tertiary/aromatic N) is 5. The molecule has 1 aliphatic carbocycles. The molecule has 0 atom stereocenters. The van der Waals surface area contributed by atoms with Gasteiger partial charge >= 0.3 is 0 Å². The van der Waals surface area contributed by atoms with Crippen molar-refractivity contribution in [2.75, 3.05) is 18.0 Å². The van der Waals surface area contributed by atoms with E-state index in [1.807, 2.05) is 28.8 Å². The maximum absolute atomic E-state index is 13.3. The molecule has 0 N–H and O–H groups in total. The SMILES string of the molecule is O=c1c2ccccc2n2c(N3CCCCC3)nnc2n1C1CCCCC1. The van der Waals surface area contributed by atoms with Crippen molar-refractivity contribution >= 4 is 22.6 Å². The van der Waals surface area contributed by atoms with Gasteiger partial charge in [-0.05, 0) is 44.2 Å². The first kappa shape index (κ1) is 15.9. The van der Waals surface area contributed by atoms with Gasteiger partial charge in [0.25, 0.3) is 5.56 Å². The molecule has 0 spiro atoms. The van der Waals surface area contributed by atoms with Crippen molar-refractivity contribution in [3.05, 3.63) is 34.6 Å². The normalized spacial score (nSPS) is 19.5. The molecule has 136 valence electrons. The lowest BCUT2D eigenvalue weighted by molar-refractivity contribution is 0.351. The molecule has 1 aliphatic heterocycles. The van der Waals surface area contributed by atoms with Crippen LogP contribution in [0.5, 0.6) is 0 Å². The number of para-hydroxylation sites is 1. The van der Waals surface area contributed by atoms with Crippen LogP contribution in [0.4, 0.5) is 5.95 Å². The van der Waals surface area contributed by atoms with E-state index in [4.69, 9.17) is 0 Å². The third-order valence-corrected chi connectivity index (χ3v) is 6.02. The number of benzene rings is 1. The first-order chi connectivity index (χ1) is 12.8. The summed E-state index contributed by atoms with van der Waals surface area (Å²) in [6.07, 6.45) is 9.40. The third kappa shape index (κ3) is 2.42. The number of anilines is 1. The Labute approximate surface area is 152 Å². The zero-order valence-corrected chi connectivity index (χ0v) is 15.1. The van der Waals surface area contributed by atoms with E-state index in [0.29, 0.717) is 5.78 Å². The Morgan fingerprint density at radius 2 is 1.62 bits per heavy atom. The smallest absolute Gasteiger partial charge is 0.263 e. The van der Waals surface area contributed by atoms with E-state index >= 15 is 0 Å². The van der Waals surface area contributed by atoms with Crippen molar-refractivity contribution in [3.8, 4) is 0 Å². The Bertz CT molecular complexity index is 993. The van der Waals surface area contributed by atoms with Crippen LogP contribution in [-0.4, -0.2) is 32.3 Å². The molecular weight excluding hydrogens is 326 g/mol. The number of hydrogen-bond donors (Lipinski definition) is 0. The van der Waals surface area contributed by atoms with Gasteiger partial charge in [-0.15, -0.1) is 10.2 Å². The van der Waals surface area contributed by atoms with Gasteiger partial charge < -0.3 is 4.90 Å². The number of piperidine rings is 1. The van der Waals surface area contributed by atoms with Gasteiger partial charge in [-0.1, -0.05) is 31.4 Å². The highest BCUT2D eigenvalue weighted by atomic mass is 16.1. The molecule has 2 fully saturated rings. The molecule has 0 bridgehead atoms. The van der Waals surface area contributed by atoms with Crippen molar-refractivity contribution in [1.29, 1.82) is 0 Å². The molecule has 1 aromatic carbocycles. The summed E-state index contributed by atoms with van der Waals surface area (Å²) < 4.78 is 4.05. The Kier molecular flexibility index (Phi) is 3.91. The van der Waals surface area contributed by atoms with Crippen LogP contribution in [0.3, 0.4) is 0 Å². The second-order valence-electron chi connectivity index (χ2n) is 7.67. The van der Waals surface area contributed by atoms with E-state index in [0.717, 1.165) is 42.8 Å². The summed E-state index contributed by atoms with van der Waals surface area (Å²) in [5, 5.41) is 9.83. The van der Waals surface area contributed by atoms with Crippen LogP contribution < -0.4 is 10.5 Å². The predicted octanol–water partition coefficient (Wildman–Crippen LogP) is 3.54. The highest BCUT2D eigenvalue weighted by Crippen LogP contribution is 2.30. The molecular formula is C20H25N5O. The van der Waals surface area contributed by atoms with Crippen molar-refractivity contribution in [1.82, 2.24) is 19.2 Å². The van der Waals surface area contributed by atoms with E-state index in [2.05, 4.69) is 19.5 Å². The molecule has 3 heterocycles. The molecule has 5 rings (SSSR count). The first-order valence-corrected chi connectivity index (χ1v) is 9.98. The highest BCUT2D eigenvalue weighted by Gasteiger charge is 2.25. The Morgan fingerprint density at radius 3 is 2.42 bits per heavy atom. The largest absolute Gasteiger partial charge is 0.341 e. The second kappa shape index (κ2) is 6.41. The Hall–Kier alpha value is -2.37. The fourth-order valence-electron chi connectivity index (χ4n) is 4.68. The lowest BCUT2D eigenvalue weighted by atomic mass is 9.95. The molecule has 6 nitrogen and oxygen atoms in total. The van der Waals surface area contributed by atoms with Crippen molar-refractivity contribution in [2.24, 2.45) is 0 Å². The van der Waals surface area contributed by atoms with Crippen LogP contribution in [0.1, 0.15) is 57.4 Å². The number of aromatic nitrogens is 4. The summed E-state index contributed by atoms with van der Waals surface area (Å²) in [5.74, 6) is 1.60. The minimum Gasteiger partial charge on any atom is -0.341 e. The summed E-state index contributed by atoms with van der Waals surface area (Å²) in [7, 11) is 0. The van der Waals surface area contributed by atoms with Crippen LogP contribution in [0.2, 0.25) is 0 Å². The molecule has 1 saturated heterocycles. The Morgan fingerprint density at radius 1 is 0.885 bits per heavy atom. The van der Waals surface area contributed by atoms with Gasteiger partial charge in [-0.2, -0.15) is 0 Å². The van der Waals surface area contributed by atoms with Crippen molar-refractivity contribution in [3.63, 3.8) is 0 Å². The standard InChI is InChI=1S/C20H25N5O/c26-18-16-11-5-6-12-17(16)25-19(23-13-7-2-8-14-23)21-22-20(25)24(18)15-9-3-1-4-10-15/h5-6,11-12,15H,1-4,7-10,13-14H2. The highest BCUT2D eigenvalue weighted by molar-refractivity contribution is 5.81. The fraction of sp³-hybridized carbons (Fsp3) is 0.550. The molecule has 6 heteroatoms. The van der Waals surface area contributed by atoms with Crippen LogP contribution >= 0.6 is 0 Å². The van der Waals surface area contributed by atoms with Gasteiger partial charge in [-0.25, -0.2) is 4.40 Å². The van der Waals surface area contributed by atoms with Gasteiger partial charge in [0, 0.05) is 19.1 Å². The number of rotatable bonds is 2. The van der Waals surface area contributed by atoms with Crippen LogP contribution in [0.15, 0.2) is 29.1 Å². The fourth-order valence-corrected chi connectivity index (χ4v) is 4.68. The summed E-state index contributed by atoms with van der Waals surface area (Å²) in [6.45, 7) is 2.02. The van der Waals surface area contributed by atoms with E-state index in [-0.39, 0.29) is 11.6 Å². The lowest BCUT2D eigenvalue weighted by Crippen LogP contribution is -2.32. The summed E-state index contributed by atoms with van der Waals surface area (Å²) in [4.78, 5) is 15.6. The Balaban J connectivity index is 1.79. The van der Waals surface area contributed by atoms with Crippen molar-refractivity contribution < 1.29 is 0 Å². The molecule has 0 radical (unpaired) electrons. The number of hydrogen-bond acceptors (Lipinski definition) is 4. The van der Waals surface area contributed by atoms with Gasteiger partial charge in [0.15, 0.2) is 0 Å². The average molecular weight is 351 g/mol. The van der Waals surface area contributed by atoms with E-state index < -0.39 is 0 Å². The van der Waals surface area contributed by atoms with Gasteiger partial charge in [0.1, 0.15) is 0 Å². The lowest BCUT2D eigenvalue weighted by Gasteiger charge is -2.28. The van der Waals surface area contributed by atoms with Gasteiger partial charge in [0.2, 0.25) is 11.7 Å². The van der Waals surface area contributed by atoms with Crippen LogP contribution in [-0.2, 0) is 0 Å². The summed E-state index contributed by atoms with van der Waals surface area (Å²) >= 11 is 0. The molecule has 1 saturated carbocycles. The van der Waals surface area contributed by atoms with Gasteiger partial charge in [0.05, 0.1) is 10.9 Å². The van der Waals surface area contributed by atoms with E-state index in [1.54, 1.807) is 0 Å². The van der Waals surface area contributed by atoms with Crippen molar-refractivity contribution in [2.45, 2.75) is 57.4 Å². The van der Waals surface area contributed by atoms with Crippen LogP contribution in [0.25, 0.3) is 16.7 Å². The summed E-state index contributed by atoms with van der Waals surface area (Å²) in [5.41, 5.74) is 1.00. The summed E-state index contributed by atoms with van der Waals surface area (Å²) in [6, 6.07) is 8.14. The molecule has 0 unspecified atom stereocenters. The topological polar surface area (TPSA) is 55.4 Å². The quantitative estimate of drug-likeness (QED) is 0.709. The molecule has 0 amide bonds. The maximum Gasteiger partial charge on any atom is 0.263 e. The molecule has 3 aromatic rings. The second-order valence-corrected chi connectivity index (χ2v) is 7.67. The van der Waals surface area contributed by atoms with E-state index in [9.17, 15) is 4.79 Å². The van der Waals surface area contributed by atoms with E-state index in [1.165, 1.54) is 38.5 Å². The molecule has 2 aromatic heterocycles. The average Bonchev–Trinajstić information content (AvgIpc) is 3.15. The first-order valence-electron chi connectivity index (χ1n) is 9.98. The van der Waals surface area contributed by atoms with Gasteiger partial charge in [-0.3, -0.25) is 9.36 Å². The minimum atomic E-state index is 0.0811. The number of fused-ring (bicyclic) bond motifs is 3. The molecule has 2 aliphatic rings. The third-order valence-electron chi connectivity index (χ3n) is 6.02. The monoisotopic (exact) mass is 351 g/mol. The molecule has 26 heavy (non-hydrogen) atoms. The predicted molar refractivity (Wildman–Crippen MR) is 103 cm³/mol. The maximum atomic E-state index is 13.3. The zero-order valence-electron chi connectivity index (χ0n) is 15.1. The van der Waals surface area contributed by atoms with Crippen LogP contribution in [0, 0.1) is 0 Å². The minimum absolute atomic E-state index is 0.0811.